The second-order valence-corrected chi connectivity index (χ2v) is 4.97. The Morgan fingerprint density at radius 2 is 1.79 bits per heavy atom. The van der Waals surface area contributed by atoms with E-state index in [9.17, 15) is 9.59 Å². The molecule has 110 valence electrons. The Morgan fingerprint density at radius 1 is 1.05 bits per heavy atom. The SMILES string of the molecule is CNCCCNC(=O)CNC(=O)NC1CCCCC1. The van der Waals surface area contributed by atoms with Crippen LogP contribution >= 0.6 is 0 Å². The summed E-state index contributed by atoms with van der Waals surface area (Å²) < 4.78 is 0. The summed E-state index contributed by atoms with van der Waals surface area (Å²) in [7, 11) is 1.87. The van der Waals surface area contributed by atoms with Gasteiger partial charge in [-0.25, -0.2) is 4.79 Å². The summed E-state index contributed by atoms with van der Waals surface area (Å²) in [6.07, 6.45) is 6.59. The molecule has 6 heteroatoms. The van der Waals surface area contributed by atoms with Crippen molar-refractivity contribution in [3.63, 3.8) is 0 Å². The van der Waals surface area contributed by atoms with Gasteiger partial charge in [0.2, 0.25) is 5.91 Å². The monoisotopic (exact) mass is 270 g/mol. The third kappa shape index (κ3) is 7.66. The summed E-state index contributed by atoms with van der Waals surface area (Å²) in [5.74, 6) is -0.144. The first-order chi connectivity index (χ1) is 9.22. The number of rotatable bonds is 7. The lowest BCUT2D eigenvalue weighted by Gasteiger charge is -2.22. The molecular weight excluding hydrogens is 244 g/mol. The smallest absolute Gasteiger partial charge is 0.315 e. The topological polar surface area (TPSA) is 82.3 Å². The zero-order valence-corrected chi connectivity index (χ0v) is 11.8. The van der Waals surface area contributed by atoms with E-state index in [1.165, 1.54) is 19.3 Å². The van der Waals surface area contributed by atoms with Gasteiger partial charge in [-0.1, -0.05) is 19.3 Å². The molecule has 1 fully saturated rings. The summed E-state index contributed by atoms with van der Waals surface area (Å²) in [5, 5.41) is 11.3. The molecule has 1 aliphatic carbocycles. The Morgan fingerprint density at radius 3 is 2.47 bits per heavy atom. The van der Waals surface area contributed by atoms with Gasteiger partial charge in [0.1, 0.15) is 0 Å². The van der Waals surface area contributed by atoms with E-state index < -0.39 is 0 Å². The third-order valence-electron chi connectivity index (χ3n) is 3.28. The van der Waals surface area contributed by atoms with E-state index in [1.54, 1.807) is 0 Å². The highest BCUT2D eigenvalue weighted by atomic mass is 16.2. The van der Waals surface area contributed by atoms with Crippen molar-refractivity contribution in [1.82, 2.24) is 21.3 Å². The van der Waals surface area contributed by atoms with E-state index in [2.05, 4.69) is 21.3 Å². The number of hydrogen-bond donors (Lipinski definition) is 4. The molecule has 0 aliphatic heterocycles. The van der Waals surface area contributed by atoms with E-state index >= 15 is 0 Å². The third-order valence-corrected chi connectivity index (χ3v) is 3.28. The molecule has 0 atom stereocenters. The zero-order chi connectivity index (χ0) is 13.9. The van der Waals surface area contributed by atoms with Crippen LogP contribution in [0.15, 0.2) is 0 Å². The molecule has 4 N–H and O–H groups in total. The molecule has 0 aromatic heterocycles. The van der Waals surface area contributed by atoms with Gasteiger partial charge in [-0.3, -0.25) is 4.79 Å². The molecule has 6 nitrogen and oxygen atoms in total. The molecule has 0 unspecified atom stereocenters. The molecular formula is C13H26N4O2. The maximum absolute atomic E-state index is 11.6. The van der Waals surface area contributed by atoms with Gasteiger partial charge in [-0.15, -0.1) is 0 Å². The lowest BCUT2D eigenvalue weighted by Crippen LogP contribution is -2.46. The Balaban J connectivity index is 2.03. The molecule has 0 radical (unpaired) electrons. The summed E-state index contributed by atoms with van der Waals surface area (Å²) in [6.45, 7) is 1.54. The highest BCUT2D eigenvalue weighted by Gasteiger charge is 2.15. The molecule has 3 amide bonds. The van der Waals surface area contributed by atoms with Crippen molar-refractivity contribution in [3.8, 4) is 0 Å². The van der Waals surface area contributed by atoms with Crippen LogP contribution in [0.1, 0.15) is 38.5 Å². The van der Waals surface area contributed by atoms with Crippen LogP contribution in [0.3, 0.4) is 0 Å². The Labute approximate surface area is 115 Å². The number of hydrogen-bond acceptors (Lipinski definition) is 3. The van der Waals surface area contributed by atoms with E-state index in [0.29, 0.717) is 6.54 Å². The van der Waals surface area contributed by atoms with Crippen molar-refractivity contribution in [2.24, 2.45) is 0 Å². The lowest BCUT2D eigenvalue weighted by molar-refractivity contribution is -0.120. The number of urea groups is 1. The van der Waals surface area contributed by atoms with E-state index in [1.807, 2.05) is 7.05 Å². The highest BCUT2D eigenvalue weighted by molar-refractivity contribution is 5.83. The standard InChI is InChI=1S/C13H26N4O2/c1-14-8-5-9-15-12(18)10-16-13(19)17-11-6-3-2-4-7-11/h11,14H,2-10H2,1H3,(H,15,18)(H2,16,17,19). The van der Waals surface area contributed by atoms with E-state index in [4.69, 9.17) is 0 Å². The minimum atomic E-state index is -0.239. The van der Waals surface area contributed by atoms with Gasteiger partial charge >= 0.3 is 6.03 Å². The van der Waals surface area contributed by atoms with Crippen LogP contribution in [0.25, 0.3) is 0 Å². The predicted octanol–water partition coefficient (Wildman–Crippen LogP) is 0.344. The van der Waals surface area contributed by atoms with Crippen molar-refractivity contribution >= 4 is 11.9 Å². The Bertz CT molecular complexity index is 278. The number of amides is 3. The van der Waals surface area contributed by atoms with Gasteiger partial charge in [0.25, 0.3) is 0 Å². The summed E-state index contributed by atoms with van der Waals surface area (Å²) >= 11 is 0. The quantitative estimate of drug-likeness (QED) is 0.504. The minimum Gasteiger partial charge on any atom is -0.355 e. The minimum absolute atomic E-state index is 0.0398. The fraction of sp³-hybridized carbons (Fsp3) is 0.846. The highest BCUT2D eigenvalue weighted by Crippen LogP contribution is 2.16. The molecule has 1 aliphatic rings. The number of nitrogens with one attached hydrogen (secondary N) is 4. The fourth-order valence-electron chi connectivity index (χ4n) is 2.20. The van der Waals surface area contributed by atoms with E-state index in [0.717, 1.165) is 25.8 Å². The van der Waals surface area contributed by atoms with Crippen LogP contribution in [0.4, 0.5) is 4.79 Å². The Kier molecular flexibility index (Phi) is 7.97. The van der Waals surface area contributed by atoms with Crippen LogP contribution in [-0.2, 0) is 4.79 Å². The maximum Gasteiger partial charge on any atom is 0.315 e. The van der Waals surface area contributed by atoms with Gasteiger partial charge in [0, 0.05) is 12.6 Å². The first kappa shape index (κ1) is 15.8. The average molecular weight is 270 g/mol. The Hall–Kier alpha value is -1.30. The molecule has 1 saturated carbocycles. The summed E-state index contributed by atoms with van der Waals surface area (Å²) in [6, 6.07) is 0.0321. The molecule has 0 saturated heterocycles. The van der Waals surface area contributed by atoms with Crippen LogP contribution < -0.4 is 21.3 Å². The van der Waals surface area contributed by atoms with Crippen LogP contribution in [0.5, 0.6) is 0 Å². The molecule has 1 rings (SSSR count). The average Bonchev–Trinajstić information content (AvgIpc) is 2.42. The lowest BCUT2D eigenvalue weighted by atomic mass is 9.96. The normalized spacial score (nSPS) is 15.8. The maximum atomic E-state index is 11.6. The van der Waals surface area contributed by atoms with Gasteiger partial charge in [-0.05, 0) is 32.9 Å². The second-order valence-electron chi connectivity index (χ2n) is 4.97. The first-order valence-corrected chi connectivity index (χ1v) is 7.18. The molecule has 0 aromatic rings. The van der Waals surface area contributed by atoms with Crippen molar-refractivity contribution < 1.29 is 9.59 Å². The van der Waals surface area contributed by atoms with Gasteiger partial charge < -0.3 is 21.3 Å². The van der Waals surface area contributed by atoms with Crippen molar-refractivity contribution in [2.45, 2.75) is 44.6 Å². The largest absolute Gasteiger partial charge is 0.355 e. The molecule has 0 heterocycles. The fourth-order valence-corrected chi connectivity index (χ4v) is 2.20. The predicted molar refractivity (Wildman–Crippen MR) is 75.0 cm³/mol. The van der Waals surface area contributed by atoms with Crippen LogP contribution in [0, 0.1) is 0 Å². The van der Waals surface area contributed by atoms with Gasteiger partial charge in [0.05, 0.1) is 6.54 Å². The number of carbonyl (C=O) groups excluding carboxylic acids is 2. The number of carbonyl (C=O) groups is 2. The second kappa shape index (κ2) is 9.61. The van der Waals surface area contributed by atoms with Gasteiger partial charge in [-0.2, -0.15) is 0 Å². The first-order valence-electron chi connectivity index (χ1n) is 7.18. The molecule has 0 aromatic carbocycles. The van der Waals surface area contributed by atoms with Crippen molar-refractivity contribution in [1.29, 1.82) is 0 Å². The molecule has 0 bridgehead atoms. The van der Waals surface area contributed by atoms with Crippen molar-refractivity contribution in [2.75, 3.05) is 26.7 Å². The van der Waals surface area contributed by atoms with Crippen LogP contribution in [0.2, 0.25) is 0 Å². The van der Waals surface area contributed by atoms with Crippen LogP contribution in [-0.4, -0.2) is 44.7 Å². The van der Waals surface area contributed by atoms with Crippen molar-refractivity contribution in [3.05, 3.63) is 0 Å². The molecule has 0 spiro atoms. The zero-order valence-electron chi connectivity index (χ0n) is 11.8. The molecule has 19 heavy (non-hydrogen) atoms. The summed E-state index contributed by atoms with van der Waals surface area (Å²) in [5.41, 5.74) is 0. The van der Waals surface area contributed by atoms with Gasteiger partial charge in [0.15, 0.2) is 0 Å². The van der Waals surface area contributed by atoms with E-state index in [-0.39, 0.29) is 24.5 Å². The summed E-state index contributed by atoms with van der Waals surface area (Å²) in [4.78, 5) is 23.0.